The van der Waals surface area contributed by atoms with Crippen LogP contribution in [0.2, 0.25) is 0 Å². The van der Waals surface area contributed by atoms with Crippen LogP contribution < -0.4 is 0 Å². The summed E-state index contributed by atoms with van der Waals surface area (Å²) in [6.45, 7) is 8.43. The van der Waals surface area contributed by atoms with Crippen LogP contribution in [0.5, 0.6) is 0 Å². The summed E-state index contributed by atoms with van der Waals surface area (Å²) in [7, 11) is 0. The van der Waals surface area contributed by atoms with Crippen LogP contribution in [0.1, 0.15) is 27.7 Å². The van der Waals surface area contributed by atoms with Crippen molar-refractivity contribution in [2.45, 2.75) is 56.2 Å². The first-order chi connectivity index (χ1) is 5.49. The van der Waals surface area contributed by atoms with E-state index in [0.717, 1.165) is 0 Å². The fraction of sp³-hybridized carbons (Fsp3) is 1.00. The Balaban J connectivity index is 2.15. The Hall–Kier alpha value is 0.270. The molecule has 0 amide bonds. The maximum Gasteiger partial charge on any atom is 0.163 e. The average Bonchev–Trinajstić information content (AvgIpc) is 2.34. The number of rotatable bonds is 0. The molecule has 0 aliphatic carbocycles. The lowest BCUT2D eigenvalue weighted by Gasteiger charge is -2.20. The summed E-state index contributed by atoms with van der Waals surface area (Å²) >= 11 is 1.96. The van der Waals surface area contributed by atoms with Gasteiger partial charge in [-0.05, 0) is 13.8 Å². The molecule has 3 heteroatoms. The molecule has 0 saturated carbocycles. The molecular weight excluding hydrogens is 172 g/mol. The van der Waals surface area contributed by atoms with Crippen LogP contribution >= 0.6 is 11.8 Å². The summed E-state index contributed by atoms with van der Waals surface area (Å²) in [5.41, 5.74) is 0. The summed E-state index contributed by atoms with van der Waals surface area (Å²) in [6, 6.07) is 0. The predicted molar refractivity (Wildman–Crippen MR) is 50.3 cm³/mol. The zero-order valence-corrected chi connectivity index (χ0v) is 8.85. The normalized spacial score (nSPS) is 51.0. The van der Waals surface area contributed by atoms with E-state index in [2.05, 4.69) is 13.8 Å². The van der Waals surface area contributed by atoms with Gasteiger partial charge in [-0.1, -0.05) is 13.8 Å². The van der Waals surface area contributed by atoms with E-state index < -0.39 is 0 Å². The molecule has 0 aromatic rings. The van der Waals surface area contributed by atoms with Crippen molar-refractivity contribution >= 4 is 11.8 Å². The number of fused-ring (bicyclic) bond motifs is 1. The van der Waals surface area contributed by atoms with Gasteiger partial charge in [-0.25, -0.2) is 0 Å². The van der Waals surface area contributed by atoms with Crippen LogP contribution in [0.25, 0.3) is 0 Å². The minimum absolute atomic E-state index is 0.306. The molecule has 0 bridgehead atoms. The molecular formula is C9H16O2S. The minimum Gasteiger partial charge on any atom is -0.343 e. The Morgan fingerprint density at radius 2 is 1.42 bits per heavy atom. The lowest BCUT2D eigenvalue weighted by molar-refractivity contribution is -0.146. The zero-order valence-electron chi connectivity index (χ0n) is 8.03. The van der Waals surface area contributed by atoms with E-state index in [4.69, 9.17) is 9.47 Å². The van der Waals surface area contributed by atoms with E-state index in [9.17, 15) is 0 Å². The van der Waals surface area contributed by atoms with E-state index in [1.54, 1.807) is 0 Å². The molecule has 0 aromatic heterocycles. The van der Waals surface area contributed by atoms with Crippen LogP contribution in [-0.4, -0.2) is 28.5 Å². The lowest BCUT2D eigenvalue weighted by atomic mass is 10.1. The predicted octanol–water partition coefficient (Wildman–Crippen LogP) is 2.03. The van der Waals surface area contributed by atoms with Crippen molar-refractivity contribution in [3.63, 3.8) is 0 Å². The van der Waals surface area contributed by atoms with Crippen molar-refractivity contribution in [2.24, 2.45) is 0 Å². The second-order valence-electron chi connectivity index (χ2n) is 4.11. The van der Waals surface area contributed by atoms with E-state index >= 15 is 0 Å². The molecule has 0 radical (unpaired) electrons. The van der Waals surface area contributed by atoms with E-state index in [1.807, 2.05) is 25.6 Å². The maximum absolute atomic E-state index is 5.81. The monoisotopic (exact) mass is 188 g/mol. The molecule has 70 valence electrons. The van der Waals surface area contributed by atoms with Crippen molar-refractivity contribution < 1.29 is 9.47 Å². The quantitative estimate of drug-likeness (QED) is 0.579. The van der Waals surface area contributed by atoms with Gasteiger partial charge >= 0.3 is 0 Å². The first-order valence-corrected chi connectivity index (χ1v) is 5.45. The van der Waals surface area contributed by atoms with Crippen LogP contribution in [0, 0.1) is 0 Å². The number of ether oxygens (including phenoxy) is 2. The third-order valence-electron chi connectivity index (χ3n) is 2.52. The van der Waals surface area contributed by atoms with Gasteiger partial charge in [-0.3, -0.25) is 0 Å². The highest BCUT2D eigenvalue weighted by atomic mass is 32.2. The molecule has 12 heavy (non-hydrogen) atoms. The Labute approximate surface area is 78.0 Å². The number of hydrogen-bond acceptors (Lipinski definition) is 3. The van der Waals surface area contributed by atoms with Gasteiger partial charge in [0, 0.05) is 10.5 Å². The zero-order chi connectivity index (χ0) is 8.93. The highest BCUT2D eigenvalue weighted by molar-refractivity contribution is 8.00. The molecule has 2 fully saturated rings. The van der Waals surface area contributed by atoms with E-state index in [-0.39, 0.29) is 5.79 Å². The molecule has 2 rings (SSSR count). The van der Waals surface area contributed by atoms with Crippen LogP contribution in [0.4, 0.5) is 0 Å². The Morgan fingerprint density at radius 3 is 1.83 bits per heavy atom. The average molecular weight is 188 g/mol. The van der Waals surface area contributed by atoms with E-state index in [1.165, 1.54) is 0 Å². The van der Waals surface area contributed by atoms with Crippen molar-refractivity contribution in [3.05, 3.63) is 0 Å². The molecule has 2 saturated heterocycles. The van der Waals surface area contributed by atoms with Gasteiger partial charge in [0.25, 0.3) is 0 Å². The summed E-state index contributed by atoms with van der Waals surface area (Å²) < 4.78 is 11.6. The molecule has 2 heterocycles. The van der Waals surface area contributed by atoms with Crippen LogP contribution in [0.3, 0.4) is 0 Å². The Kier molecular flexibility index (Phi) is 1.94. The summed E-state index contributed by atoms with van der Waals surface area (Å²) in [5.74, 6) is -0.362. The summed E-state index contributed by atoms with van der Waals surface area (Å²) in [5, 5.41) is 1.15. The molecule has 2 aliphatic rings. The minimum atomic E-state index is -0.362. The van der Waals surface area contributed by atoms with Gasteiger partial charge in [0.2, 0.25) is 0 Å². The standard InChI is InChI=1S/C9H16O2S/c1-5-7-8(6(2)12-5)11-9(3,4)10-7/h5-8H,1-4H3/t5-,6-,7+,8+/m1/s1. The highest BCUT2D eigenvalue weighted by Gasteiger charge is 2.51. The van der Waals surface area contributed by atoms with Crippen LogP contribution in [0.15, 0.2) is 0 Å². The highest BCUT2D eigenvalue weighted by Crippen LogP contribution is 2.45. The topological polar surface area (TPSA) is 18.5 Å². The lowest BCUT2D eigenvalue weighted by Crippen LogP contribution is -2.27. The van der Waals surface area contributed by atoms with Gasteiger partial charge in [-0.2, -0.15) is 11.8 Å². The van der Waals surface area contributed by atoms with Gasteiger partial charge in [0.15, 0.2) is 5.79 Å². The molecule has 0 N–H and O–H groups in total. The third kappa shape index (κ3) is 1.28. The number of hydrogen-bond donors (Lipinski definition) is 0. The first kappa shape index (κ1) is 8.85. The first-order valence-electron chi connectivity index (χ1n) is 4.51. The Bertz CT molecular complexity index is 175. The second kappa shape index (κ2) is 2.63. The molecule has 0 aromatic carbocycles. The summed E-state index contributed by atoms with van der Waals surface area (Å²) in [6.07, 6.45) is 0.611. The van der Waals surface area contributed by atoms with Crippen molar-refractivity contribution in [1.82, 2.24) is 0 Å². The van der Waals surface area contributed by atoms with Gasteiger partial charge < -0.3 is 9.47 Å². The molecule has 2 nitrogen and oxygen atoms in total. The van der Waals surface area contributed by atoms with Crippen molar-refractivity contribution in [2.75, 3.05) is 0 Å². The van der Waals surface area contributed by atoms with Gasteiger partial charge in [0.05, 0.1) is 12.2 Å². The maximum atomic E-state index is 5.81. The summed E-state index contributed by atoms with van der Waals surface area (Å²) in [4.78, 5) is 0. The largest absolute Gasteiger partial charge is 0.343 e. The van der Waals surface area contributed by atoms with E-state index in [0.29, 0.717) is 22.7 Å². The third-order valence-corrected chi connectivity index (χ3v) is 3.91. The van der Waals surface area contributed by atoms with Gasteiger partial charge in [0.1, 0.15) is 0 Å². The van der Waals surface area contributed by atoms with Gasteiger partial charge in [-0.15, -0.1) is 0 Å². The molecule has 2 aliphatic heterocycles. The van der Waals surface area contributed by atoms with Crippen molar-refractivity contribution in [3.8, 4) is 0 Å². The second-order valence-corrected chi connectivity index (χ2v) is 5.87. The molecule has 4 atom stereocenters. The van der Waals surface area contributed by atoms with Crippen molar-refractivity contribution in [1.29, 1.82) is 0 Å². The molecule has 0 unspecified atom stereocenters. The fourth-order valence-corrected chi connectivity index (χ4v) is 3.44. The Morgan fingerprint density at radius 1 is 1.00 bits per heavy atom. The van der Waals surface area contributed by atoms with Crippen LogP contribution in [-0.2, 0) is 9.47 Å². The smallest absolute Gasteiger partial charge is 0.163 e. The SMILES string of the molecule is C[C@H]1S[C@H](C)[C@@H]2OC(C)(C)O[C@H]21. The molecule has 0 spiro atoms. The fourth-order valence-electron chi connectivity index (χ4n) is 2.04. The number of thioether (sulfide) groups is 1.